The molecule has 1 amide bonds. The van der Waals surface area contributed by atoms with Gasteiger partial charge in [-0.25, -0.2) is 9.97 Å². The van der Waals surface area contributed by atoms with E-state index in [1.165, 1.54) is 13.3 Å². The zero-order valence-electron chi connectivity index (χ0n) is 8.56. The number of amides is 1. The Bertz CT molecular complexity index is 338. The van der Waals surface area contributed by atoms with E-state index >= 15 is 0 Å². The second-order valence-electron chi connectivity index (χ2n) is 3.18. The van der Waals surface area contributed by atoms with Gasteiger partial charge in [-0.1, -0.05) is 0 Å². The molecule has 0 saturated carbocycles. The van der Waals surface area contributed by atoms with Crippen molar-refractivity contribution in [3.05, 3.63) is 24.3 Å². The average molecular weight is 207 g/mol. The molecule has 5 nitrogen and oxygen atoms in total. The molecule has 1 aromatic rings. The van der Waals surface area contributed by atoms with Gasteiger partial charge in [0.25, 0.3) is 0 Å². The molecular formula is C10H13N3O2. The number of nitrogens with zero attached hydrogens (tertiary/aromatic N) is 2. The maximum Gasteiger partial charge on any atom is 0.220 e. The van der Waals surface area contributed by atoms with Gasteiger partial charge in [-0.3, -0.25) is 4.79 Å². The summed E-state index contributed by atoms with van der Waals surface area (Å²) in [6, 6.07) is 1.73. The van der Waals surface area contributed by atoms with E-state index in [0.29, 0.717) is 6.54 Å². The van der Waals surface area contributed by atoms with Gasteiger partial charge in [-0.05, 0) is 13.0 Å². The highest BCUT2D eigenvalue weighted by atomic mass is 16.2. The van der Waals surface area contributed by atoms with Crippen molar-refractivity contribution in [2.45, 2.75) is 26.3 Å². The molecule has 1 aromatic heterocycles. The SMILES string of the molecule is CC(=O)CCC(=O)NCc1ccncn1. The van der Waals surface area contributed by atoms with Crippen molar-refractivity contribution in [3.8, 4) is 0 Å². The lowest BCUT2D eigenvalue weighted by Gasteiger charge is -2.02. The number of nitrogens with one attached hydrogen (secondary N) is 1. The summed E-state index contributed by atoms with van der Waals surface area (Å²) in [6.07, 6.45) is 3.57. The Morgan fingerprint density at radius 1 is 1.40 bits per heavy atom. The second kappa shape index (κ2) is 5.85. The third-order valence-corrected chi connectivity index (χ3v) is 1.81. The standard InChI is InChI=1S/C10H13N3O2/c1-8(14)2-3-10(15)12-6-9-4-5-11-7-13-9/h4-5,7H,2-3,6H2,1H3,(H,12,15). The van der Waals surface area contributed by atoms with Crippen molar-refractivity contribution in [1.29, 1.82) is 0 Å². The zero-order chi connectivity index (χ0) is 11.1. The van der Waals surface area contributed by atoms with Gasteiger partial charge >= 0.3 is 0 Å². The van der Waals surface area contributed by atoms with E-state index in [1.54, 1.807) is 12.3 Å². The summed E-state index contributed by atoms with van der Waals surface area (Å²) in [6.45, 7) is 1.84. The van der Waals surface area contributed by atoms with Gasteiger partial charge in [0.05, 0.1) is 12.2 Å². The van der Waals surface area contributed by atoms with Gasteiger partial charge in [0.2, 0.25) is 5.91 Å². The Morgan fingerprint density at radius 2 is 2.20 bits per heavy atom. The van der Waals surface area contributed by atoms with E-state index in [9.17, 15) is 9.59 Å². The molecule has 1 N–H and O–H groups in total. The van der Waals surface area contributed by atoms with Crippen molar-refractivity contribution in [2.24, 2.45) is 0 Å². The molecule has 0 aliphatic rings. The number of rotatable bonds is 5. The molecule has 0 unspecified atom stereocenters. The lowest BCUT2D eigenvalue weighted by atomic mass is 10.2. The first kappa shape index (κ1) is 11.3. The molecule has 0 aliphatic heterocycles. The molecule has 5 heteroatoms. The van der Waals surface area contributed by atoms with Gasteiger partial charge in [0.15, 0.2) is 0 Å². The minimum atomic E-state index is -0.135. The van der Waals surface area contributed by atoms with Crippen LogP contribution in [0, 0.1) is 0 Å². The van der Waals surface area contributed by atoms with Crippen molar-refractivity contribution in [2.75, 3.05) is 0 Å². The number of carbonyl (C=O) groups excluding carboxylic acids is 2. The molecule has 0 saturated heterocycles. The van der Waals surface area contributed by atoms with Crippen LogP contribution in [0.1, 0.15) is 25.5 Å². The van der Waals surface area contributed by atoms with Crippen LogP contribution >= 0.6 is 0 Å². The van der Waals surface area contributed by atoms with Crippen LogP contribution in [0.15, 0.2) is 18.6 Å². The number of aromatic nitrogens is 2. The second-order valence-corrected chi connectivity index (χ2v) is 3.18. The fraction of sp³-hybridized carbons (Fsp3) is 0.400. The lowest BCUT2D eigenvalue weighted by molar-refractivity contribution is -0.124. The quantitative estimate of drug-likeness (QED) is 0.761. The van der Waals surface area contributed by atoms with Gasteiger partial charge in [0, 0.05) is 19.0 Å². The zero-order valence-corrected chi connectivity index (χ0v) is 8.56. The number of Topliss-reactive ketones (excluding diaryl/α,β-unsaturated/α-hetero) is 1. The molecule has 0 spiro atoms. The normalized spacial score (nSPS) is 9.67. The summed E-state index contributed by atoms with van der Waals surface area (Å²) in [5.41, 5.74) is 0.751. The van der Waals surface area contributed by atoms with Crippen molar-refractivity contribution in [3.63, 3.8) is 0 Å². The highest BCUT2D eigenvalue weighted by Gasteiger charge is 2.03. The summed E-state index contributed by atoms with van der Waals surface area (Å²) in [4.78, 5) is 29.6. The molecule has 0 aliphatic carbocycles. The molecular weight excluding hydrogens is 194 g/mol. The maximum absolute atomic E-state index is 11.2. The van der Waals surface area contributed by atoms with Crippen molar-refractivity contribution >= 4 is 11.7 Å². The number of carbonyl (C=O) groups is 2. The third-order valence-electron chi connectivity index (χ3n) is 1.81. The molecule has 15 heavy (non-hydrogen) atoms. The molecule has 0 aromatic carbocycles. The molecule has 0 radical (unpaired) electrons. The van der Waals surface area contributed by atoms with E-state index in [4.69, 9.17) is 0 Å². The predicted molar refractivity (Wildman–Crippen MR) is 53.8 cm³/mol. The van der Waals surface area contributed by atoms with Crippen molar-refractivity contribution in [1.82, 2.24) is 15.3 Å². The molecule has 0 atom stereocenters. The van der Waals surface area contributed by atoms with Crippen LogP contribution in [-0.2, 0) is 16.1 Å². The summed E-state index contributed by atoms with van der Waals surface area (Å²) >= 11 is 0. The Hall–Kier alpha value is -1.78. The highest BCUT2D eigenvalue weighted by Crippen LogP contribution is 1.93. The predicted octanol–water partition coefficient (Wildman–Crippen LogP) is 0.462. The van der Waals surface area contributed by atoms with E-state index in [0.717, 1.165) is 5.69 Å². The van der Waals surface area contributed by atoms with Gasteiger partial charge in [-0.15, -0.1) is 0 Å². The van der Waals surface area contributed by atoms with Crippen molar-refractivity contribution < 1.29 is 9.59 Å². The van der Waals surface area contributed by atoms with Crippen LogP contribution in [0.5, 0.6) is 0 Å². The van der Waals surface area contributed by atoms with Gasteiger partial charge in [-0.2, -0.15) is 0 Å². The van der Waals surface area contributed by atoms with Crippen LogP contribution < -0.4 is 5.32 Å². The van der Waals surface area contributed by atoms with E-state index < -0.39 is 0 Å². The number of ketones is 1. The topological polar surface area (TPSA) is 72.0 Å². The van der Waals surface area contributed by atoms with Crippen LogP contribution in [0.25, 0.3) is 0 Å². The van der Waals surface area contributed by atoms with Crippen LogP contribution in [0.2, 0.25) is 0 Å². The fourth-order valence-electron chi connectivity index (χ4n) is 0.990. The molecule has 1 rings (SSSR count). The van der Waals surface area contributed by atoms with Crippen LogP contribution in [-0.4, -0.2) is 21.7 Å². The van der Waals surface area contributed by atoms with Crippen LogP contribution in [0.4, 0.5) is 0 Å². The summed E-state index contributed by atoms with van der Waals surface area (Å²) in [5.74, 6) is -0.115. The minimum absolute atomic E-state index is 0.0205. The molecule has 0 fully saturated rings. The molecule has 0 bridgehead atoms. The largest absolute Gasteiger partial charge is 0.350 e. The maximum atomic E-state index is 11.2. The number of hydrogen-bond donors (Lipinski definition) is 1. The summed E-state index contributed by atoms with van der Waals surface area (Å²) in [5, 5.41) is 2.67. The Morgan fingerprint density at radius 3 is 2.80 bits per heavy atom. The molecule has 80 valence electrons. The fourth-order valence-corrected chi connectivity index (χ4v) is 0.990. The van der Waals surface area contributed by atoms with E-state index in [1.807, 2.05) is 0 Å². The first-order chi connectivity index (χ1) is 7.18. The number of hydrogen-bond acceptors (Lipinski definition) is 4. The average Bonchev–Trinajstić information content (AvgIpc) is 2.25. The molecule has 1 heterocycles. The van der Waals surface area contributed by atoms with Gasteiger partial charge < -0.3 is 10.1 Å². The summed E-state index contributed by atoms with van der Waals surface area (Å²) < 4.78 is 0. The smallest absolute Gasteiger partial charge is 0.220 e. The Labute approximate surface area is 87.9 Å². The first-order valence-corrected chi connectivity index (χ1v) is 4.69. The van der Waals surface area contributed by atoms with E-state index in [2.05, 4.69) is 15.3 Å². The van der Waals surface area contributed by atoms with E-state index in [-0.39, 0.29) is 24.5 Å². The Kier molecular flexibility index (Phi) is 4.40. The third kappa shape index (κ3) is 4.85. The summed E-state index contributed by atoms with van der Waals surface area (Å²) in [7, 11) is 0. The first-order valence-electron chi connectivity index (χ1n) is 4.69. The minimum Gasteiger partial charge on any atom is -0.350 e. The lowest BCUT2D eigenvalue weighted by Crippen LogP contribution is -2.23. The van der Waals surface area contributed by atoms with Crippen LogP contribution in [0.3, 0.4) is 0 Å². The monoisotopic (exact) mass is 207 g/mol. The van der Waals surface area contributed by atoms with Gasteiger partial charge in [0.1, 0.15) is 12.1 Å². The highest BCUT2D eigenvalue weighted by molar-refractivity contribution is 5.83. The Balaban J connectivity index is 2.26.